The number of anilines is 1. The number of aryl methyl sites for hydroxylation is 1. The number of nitrogens with zero attached hydrogens (tertiary/aromatic N) is 4. The Balaban J connectivity index is 1.21. The van der Waals surface area contributed by atoms with E-state index >= 15 is 0 Å². The van der Waals surface area contributed by atoms with Gasteiger partial charge in [-0.2, -0.15) is 18.3 Å². The van der Waals surface area contributed by atoms with Crippen LogP contribution in [0.25, 0.3) is 11.4 Å². The number of halogens is 3. The number of pyridine rings is 1. The van der Waals surface area contributed by atoms with Crippen molar-refractivity contribution in [3.8, 4) is 28.6 Å². The molecule has 0 saturated heterocycles. The van der Waals surface area contributed by atoms with Gasteiger partial charge in [-0.15, -0.1) is 0 Å². The van der Waals surface area contributed by atoms with Crippen molar-refractivity contribution in [3.63, 3.8) is 0 Å². The molecule has 0 amide bonds. The summed E-state index contributed by atoms with van der Waals surface area (Å²) in [6, 6.07) is 9.02. The number of nitrogens with one attached hydrogen (secondary N) is 2. The SMILES string of the molecule is Cc1cc(-c2c[nH]c(C3COc4ccc(Oc5ccnc6c5CCC(O)N6)cc4C3)n2)n(CC(F)(F)F)n1. The summed E-state index contributed by atoms with van der Waals surface area (Å²) >= 11 is 0. The van der Waals surface area contributed by atoms with Gasteiger partial charge in [0.2, 0.25) is 0 Å². The topological polar surface area (TPSA) is 110 Å². The van der Waals surface area contributed by atoms with Gasteiger partial charge in [-0.25, -0.2) is 9.97 Å². The predicted molar refractivity (Wildman–Crippen MR) is 131 cm³/mol. The minimum absolute atomic E-state index is 0.119. The van der Waals surface area contributed by atoms with Crippen molar-refractivity contribution in [2.24, 2.45) is 0 Å². The second-order valence-corrected chi connectivity index (χ2v) is 9.53. The first-order valence-corrected chi connectivity index (χ1v) is 12.2. The van der Waals surface area contributed by atoms with Crippen LogP contribution < -0.4 is 14.8 Å². The minimum atomic E-state index is -4.39. The van der Waals surface area contributed by atoms with E-state index < -0.39 is 18.9 Å². The van der Waals surface area contributed by atoms with E-state index in [2.05, 4.69) is 25.4 Å². The first-order valence-electron chi connectivity index (χ1n) is 12.2. The zero-order chi connectivity index (χ0) is 26.4. The van der Waals surface area contributed by atoms with Crippen LogP contribution in [0, 0.1) is 6.92 Å². The number of ether oxygens (including phenoxy) is 2. The Morgan fingerprint density at radius 2 is 2.11 bits per heavy atom. The van der Waals surface area contributed by atoms with E-state index in [1.807, 2.05) is 18.2 Å². The Kier molecular flexibility index (Phi) is 5.98. The lowest BCUT2D eigenvalue weighted by Gasteiger charge is -2.25. The zero-order valence-corrected chi connectivity index (χ0v) is 20.4. The smallest absolute Gasteiger partial charge is 0.408 e. The van der Waals surface area contributed by atoms with Crippen LogP contribution >= 0.6 is 0 Å². The Morgan fingerprint density at radius 3 is 2.95 bits per heavy atom. The summed E-state index contributed by atoms with van der Waals surface area (Å²) < 4.78 is 52.2. The van der Waals surface area contributed by atoms with E-state index in [0.717, 1.165) is 21.6 Å². The van der Waals surface area contributed by atoms with Crippen molar-refractivity contribution in [2.45, 2.75) is 51.1 Å². The van der Waals surface area contributed by atoms with Gasteiger partial charge in [0.05, 0.1) is 23.9 Å². The number of benzene rings is 1. The Labute approximate surface area is 215 Å². The molecule has 0 bridgehead atoms. The van der Waals surface area contributed by atoms with Gasteiger partial charge in [-0.05, 0) is 62.1 Å². The van der Waals surface area contributed by atoms with E-state index in [1.165, 1.54) is 0 Å². The third-order valence-electron chi connectivity index (χ3n) is 6.63. The van der Waals surface area contributed by atoms with Crippen LogP contribution in [0.15, 0.2) is 42.7 Å². The molecule has 2 aliphatic heterocycles. The van der Waals surface area contributed by atoms with E-state index in [0.29, 0.717) is 66.1 Å². The number of fused-ring (bicyclic) bond motifs is 2. The maximum Gasteiger partial charge on any atom is 0.408 e. The molecule has 2 atom stereocenters. The third kappa shape index (κ3) is 4.91. The predicted octanol–water partition coefficient (Wildman–Crippen LogP) is 4.73. The molecule has 198 valence electrons. The van der Waals surface area contributed by atoms with Crippen LogP contribution in [0.4, 0.5) is 19.0 Å². The van der Waals surface area contributed by atoms with Crippen molar-refractivity contribution in [2.75, 3.05) is 11.9 Å². The molecule has 5 heterocycles. The fourth-order valence-electron chi connectivity index (χ4n) is 4.90. The van der Waals surface area contributed by atoms with E-state index in [1.54, 1.807) is 31.5 Å². The summed E-state index contributed by atoms with van der Waals surface area (Å²) in [5.41, 5.74) is 3.03. The van der Waals surface area contributed by atoms with Gasteiger partial charge in [0.15, 0.2) is 0 Å². The lowest BCUT2D eigenvalue weighted by Crippen LogP contribution is -2.25. The van der Waals surface area contributed by atoms with Crippen molar-refractivity contribution in [1.29, 1.82) is 0 Å². The maximum atomic E-state index is 13.0. The molecule has 0 spiro atoms. The summed E-state index contributed by atoms with van der Waals surface area (Å²) in [4.78, 5) is 12.0. The number of aromatic amines is 1. The standard InChI is InChI=1S/C26H25F3N6O3/c1-14-8-20(35(34-14)13-26(27,28)29)19-11-31-24(32-19)16-9-15-10-17(2-4-21(15)37-12-16)38-22-6-7-30-25-18(22)3-5-23(36)33-25/h2,4,6-8,10-11,16,23,36H,3,5,9,12-13H2,1H3,(H,30,33)(H,31,32). The molecule has 38 heavy (non-hydrogen) atoms. The van der Waals surface area contributed by atoms with Crippen LogP contribution in [0.3, 0.4) is 0 Å². The van der Waals surface area contributed by atoms with Crippen LogP contribution in [0.1, 0.15) is 35.0 Å². The fraction of sp³-hybridized carbons (Fsp3) is 0.346. The summed E-state index contributed by atoms with van der Waals surface area (Å²) in [7, 11) is 0. The fourth-order valence-corrected chi connectivity index (χ4v) is 4.90. The molecule has 4 aromatic rings. The lowest BCUT2D eigenvalue weighted by atomic mass is 9.96. The third-order valence-corrected chi connectivity index (χ3v) is 6.63. The van der Waals surface area contributed by atoms with Gasteiger partial charge in [0.1, 0.15) is 47.4 Å². The molecule has 0 radical (unpaired) electrons. The van der Waals surface area contributed by atoms with E-state index in [4.69, 9.17) is 9.47 Å². The zero-order valence-electron chi connectivity index (χ0n) is 20.4. The monoisotopic (exact) mass is 526 g/mol. The summed E-state index contributed by atoms with van der Waals surface area (Å²) in [5, 5.41) is 16.8. The number of aromatic nitrogens is 5. The summed E-state index contributed by atoms with van der Waals surface area (Å²) in [6.45, 7) is 0.850. The van der Waals surface area contributed by atoms with Gasteiger partial charge in [0, 0.05) is 18.0 Å². The number of aliphatic hydroxyl groups excluding tert-OH is 1. The molecule has 3 aromatic heterocycles. The molecule has 3 N–H and O–H groups in total. The molecule has 0 aliphatic carbocycles. The minimum Gasteiger partial charge on any atom is -0.493 e. The van der Waals surface area contributed by atoms with Gasteiger partial charge in [0.25, 0.3) is 0 Å². The second kappa shape index (κ2) is 9.35. The number of aliphatic hydroxyl groups is 1. The van der Waals surface area contributed by atoms with E-state index in [9.17, 15) is 18.3 Å². The highest BCUT2D eigenvalue weighted by molar-refractivity contribution is 5.56. The van der Waals surface area contributed by atoms with E-state index in [-0.39, 0.29) is 5.92 Å². The number of rotatable bonds is 5. The molecular formula is C26H25F3N6O3. The highest BCUT2D eigenvalue weighted by atomic mass is 19.4. The number of imidazole rings is 1. The normalized spacial score (nSPS) is 18.8. The Hall–Kier alpha value is -4.06. The number of H-pyrrole nitrogens is 1. The molecule has 2 unspecified atom stereocenters. The number of hydrogen-bond acceptors (Lipinski definition) is 7. The summed E-state index contributed by atoms with van der Waals surface area (Å²) in [5.74, 6) is 3.18. The highest BCUT2D eigenvalue weighted by Gasteiger charge is 2.31. The largest absolute Gasteiger partial charge is 0.493 e. The quantitative estimate of drug-likeness (QED) is 0.345. The molecular weight excluding hydrogens is 501 g/mol. The first kappa shape index (κ1) is 24.3. The molecule has 1 aromatic carbocycles. The molecule has 9 nitrogen and oxygen atoms in total. The van der Waals surface area contributed by atoms with Crippen molar-refractivity contribution >= 4 is 5.82 Å². The average molecular weight is 527 g/mol. The van der Waals surface area contributed by atoms with Crippen molar-refractivity contribution in [1.82, 2.24) is 24.7 Å². The second-order valence-electron chi connectivity index (χ2n) is 9.53. The van der Waals surface area contributed by atoms with Gasteiger partial charge >= 0.3 is 6.18 Å². The highest BCUT2D eigenvalue weighted by Crippen LogP contribution is 2.38. The Morgan fingerprint density at radius 1 is 1.24 bits per heavy atom. The van der Waals surface area contributed by atoms with Crippen molar-refractivity contribution in [3.05, 3.63) is 65.4 Å². The van der Waals surface area contributed by atoms with Gasteiger partial charge < -0.3 is 24.9 Å². The molecule has 2 aliphatic rings. The van der Waals surface area contributed by atoms with Gasteiger partial charge in [-0.1, -0.05) is 0 Å². The number of alkyl halides is 3. The van der Waals surface area contributed by atoms with Crippen LogP contribution in [0.5, 0.6) is 17.2 Å². The summed E-state index contributed by atoms with van der Waals surface area (Å²) in [6.07, 6.45) is 0.0442. The Bertz CT molecular complexity index is 1480. The first-order chi connectivity index (χ1) is 18.2. The molecule has 12 heteroatoms. The molecule has 0 fully saturated rings. The number of hydrogen-bond donors (Lipinski definition) is 3. The van der Waals surface area contributed by atoms with Crippen LogP contribution in [-0.2, 0) is 19.4 Å². The average Bonchev–Trinajstić information content (AvgIpc) is 3.49. The molecule has 6 rings (SSSR count). The van der Waals surface area contributed by atoms with Gasteiger partial charge in [-0.3, -0.25) is 4.68 Å². The van der Waals surface area contributed by atoms with Crippen LogP contribution in [-0.4, -0.2) is 48.9 Å². The maximum absolute atomic E-state index is 13.0. The van der Waals surface area contributed by atoms with Crippen molar-refractivity contribution < 1.29 is 27.8 Å². The van der Waals surface area contributed by atoms with Crippen LogP contribution in [0.2, 0.25) is 0 Å². The lowest BCUT2D eigenvalue weighted by molar-refractivity contribution is -0.142. The molecule has 0 saturated carbocycles.